The third-order valence-electron chi connectivity index (χ3n) is 15.3. The quantitative estimate of drug-likeness (QED) is 0.0840. The largest absolute Gasteiger partial charge is 0.507 e. The number of hydrogen-bond acceptors (Lipinski definition) is 6. The van der Waals surface area contributed by atoms with Gasteiger partial charge in [-0.2, -0.15) is 0 Å². The molecule has 0 aliphatic rings. The maximum atomic E-state index is 11.8. The molecule has 0 amide bonds. The lowest BCUT2D eigenvalue weighted by molar-refractivity contribution is 0.396. The van der Waals surface area contributed by atoms with E-state index in [0.717, 1.165) is 101 Å². The fraction of sp³-hybridized carbons (Fsp3) is 0.0633. The Morgan fingerprint density at radius 2 is 0.541 bits per heavy atom. The number of rotatable bonds is 18. The second-order valence-electron chi connectivity index (χ2n) is 22.0. The van der Waals surface area contributed by atoms with Gasteiger partial charge in [-0.15, -0.1) is 0 Å². The maximum absolute atomic E-state index is 11.8. The lowest BCUT2D eigenvalue weighted by Crippen LogP contribution is -2.19. The average molecular weight is 1100 g/mol. The van der Waals surface area contributed by atoms with Gasteiger partial charge in [-0.1, -0.05) is 220 Å². The van der Waals surface area contributed by atoms with Crippen LogP contribution >= 0.6 is 0 Å². The van der Waals surface area contributed by atoms with Crippen molar-refractivity contribution >= 4 is 46.6 Å². The Balaban J connectivity index is 0.820. The number of phenols is 2. The molecule has 412 valence electrons. The van der Waals surface area contributed by atoms with E-state index in [-0.39, 0.29) is 16.9 Å². The lowest BCUT2D eigenvalue weighted by atomic mass is 9.86. The average Bonchev–Trinajstić information content (AvgIpc) is 3.71. The van der Waals surface area contributed by atoms with Crippen molar-refractivity contribution in [1.29, 1.82) is 0 Å². The third-order valence-corrected chi connectivity index (χ3v) is 15.3. The summed E-state index contributed by atoms with van der Waals surface area (Å²) in [7, 11) is 0. The minimum atomic E-state index is -0.341. The molecule has 12 aromatic carbocycles. The van der Waals surface area contributed by atoms with Gasteiger partial charge < -0.3 is 20.0 Å². The Hall–Kier alpha value is -10.8. The van der Waals surface area contributed by atoms with Crippen molar-refractivity contribution in [3.8, 4) is 78.3 Å². The van der Waals surface area contributed by atoms with E-state index in [1.165, 1.54) is 0 Å². The Kier molecular flexibility index (Phi) is 16.2. The number of aliphatic imine (C=N–C) groups is 2. The Bertz CT molecular complexity index is 3780. The summed E-state index contributed by atoms with van der Waals surface area (Å²) in [4.78, 5) is 14.4. The van der Waals surface area contributed by atoms with Crippen molar-refractivity contribution < 1.29 is 10.2 Å². The van der Waals surface area contributed by atoms with Gasteiger partial charge in [0.25, 0.3) is 0 Å². The molecule has 12 rings (SSSR count). The van der Waals surface area contributed by atoms with Gasteiger partial charge in [0.15, 0.2) is 0 Å². The first-order valence-electron chi connectivity index (χ1n) is 28.8. The highest BCUT2D eigenvalue weighted by Crippen LogP contribution is 2.49. The van der Waals surface area contributed by atoms with Crippen molar-refractivity contribution in [3.05, 3.63) is 314 Å². The third kappa shape index (κ3) is 12.4. The van der Waals surface area contributed by atoms with Gasteiger partial charge in [0.05, 0.1) is 0 Å². The molecule has 0 unspecified atom stereocenters. The van der Waals surface area contributed by atoms with Crippen LogP contribution in [0.5, 0.6) is 11.5 Å². The fourth-order valence-corrected chi connectivity index (χ4v) is 11.2. The molecule has 0 aliphatic carbocycles. The number of nitrogens with zero attached hydrogens (tertiary/aromatic N) is 4. The Morgan fingerprint density at radius 1 is 0.294 bits per heavy atom. The zero-order valence-electron chi connectivity index (χ0n) is 47.6. The van der Waals surface area contributed by atoms with Crippen LogP contribution in [0.25, 0.3) is 66.8 Å². The molecule has 0 spiro atoms. The van der Waals surface area contributed by atoms with Gasteiger partial charge in [0.1, 0.15) is 11.5 Å². The van der Waals surface area contributed by atoms with Gasteiger partial charge in [-0.25, -0.2) is 0 Å². The predicted octanol–water partition coefficient (Wildman–Crippen LogP) is 20.6. The molecule has 0 saturated carbocycles. The van der Waals surface area contributed by atoms with E-state index in [9.17, 15) is 10.2 Å². The summed E-state index contributed by atoms with van der Waals surface area (Å²) in [5, 5.41) is 23.7. The maximum Gasteiger partial charge on any atom is 0.124 e. The number of benzene rings is 12. The van der Waals surface area contributed by atoms with Crippen LogP contribution in [0.15, 0.2) is 313 Å². The molecule has 0 bridgehead atoms. The predicted molar refractivity (Wildman–Crippen MR) is 357 cm³/mol. The summed E-state index contributed by atoms with van der Waals surface area (Å²) in [6.07, 6.45) is 3.51. The second kappa shape index (κ2) is 25.1. The summed E-state index contributed by atoms with van der Waals surface area (Å²) in [5.74, 6) is 0.273. The smallest absolute Gasteiger partial charge is 0.124 e. The van der Waals surface area contributed by atoms with E-state index in [2.05, 4.69) is 254 Å². The minimum absolute atomic E-state index is 0.136. The van der Waals surface area contributed by atoms with Crippen LogP contribution < -0.4 is 9.80 Å². The van der Waals surface area contributed by atoms with Crippen LogP contribution in [0.3, 0.4) is 0 Å². The van der Waals surface area contributed by atoms with Crippen LogP contribution in [0, 0.1) is 5.41 Å². The molecule has 12 aromatic rings. The van der Waals surface area contributed by atoms with Gasteiger partial charge in [-0.3, -0.25) is 9.98 Å². The summed E-state index contributed by atoms with van der Waals surface area (Å²) in [6, 6.07) is 105. The fourth-order valence-electron chi connectivity index (χ4n) is 11.2. The second-order valence-corrected chi connectivity index (χ2v) is 22.0. The molecule has 0 radical (unpaired) electrons. The highest BCUT2D eigenvalue weighted by molar-refractivity contribution is 6.01. The topological polar surface area (TPSA) is 71.7 Å². The molecule has 0 aromatic heterocycles. The normalized spacial score (nSPS) is 11.5. The summed E-state index contributed by atoms with van der Waals surface area (Å²) < 4.78 is 0. The van der Waals surface area contributed by atoms with Crippen LogP contribution in [0.1, 0.15) is 25.0 Å². The van der Waals surface area contributed by atoms with E-state index in [1.54, 1.807) is 12.4 Å². The molecule has 0 fully saturated rings. The van der Waals surface area contributed by atoms with Crippen molar-refractivity contribution in [2.24, 2.45) is 15.4 Å². The Morgan fingerprint density at radius 3 is 0.788 bits per heavy atom. The Labute approximate surface area is 499 Å². The van der Waals surface area contributed by atoms with Crippen molar-refractivity contribution in [2.75, 3.05) is 22.9 Å². The van der Waals surface area contributed by atoms with Crippen molar-refractivity contribution in [2.45, 2.75) is 13.8 Å². The summed E-state index contributed by atoms with van der Waals surface area (Å²) in [6.45, 7) is 5.17. The molecule has 85 heavy (non-hydrogen) atoms. The molecule has 2 N–H and O–H groups in total. The number of aromatic hydroxyl groups is 2. The molecule has 0 aliphatic heterocycles. The highest BCUT2D eigenvalue weighted by atomic mass is 16.3. The van der Waals surface area contributed by atoms with Crippen LogP contribution in [0.2, 0.25) is 0 Å². The zero-order valence-corrected chi connectivity index (χ0v) is 47.6. The van der Waals surface area contributed by atoms with E-state index >= 15 is 0 Å². The van der Waals surface area contributed by atoms with Gasteiger partial charge in [-0.05, 0) is 164 Å². The number of para-hydroxylation sites is 4. The van der Waals surface area contributed by atoms with Crippen molar-refractivity contribution in [3.63, 3.8) is 0 Å². The monoisotopic (exact) mass is 1100 g/mol. The molecule has 6 nitrogen and oxygen atoms in total. The van der Waals surface area contributed by atoms with E-state index < -0.39 is 0 Å². The molecule has 0 saturated heterocycles. The highest BCUT2D eigenvalue weighted by Gasteiger charge is 2.24. The first-order chi connectivity index (χ1) is 41.7. The van der Waals surface area contributed by atoms with E-state index in [0.29, 0.717) is 24.2 Å². The van der Waals surface area contributed by atoms with Crippen LogP contribution in [-0.2, 0) is 0 Å². The number of anilines is 6. The lowest BCUT2D eigenvalue weighted by Gasteiger charge is -2.28. The number of hydrogen-bond donors (Lipinski definition) is 2. The standard InChI is InChI=1S/C79H64N4O2/c1-79(2,55-80-53-63-45-43-61(47-75(63)84)77-71(57-27-11-3-12-28-57)49-69(50-72(77)58-29-13-4-14-30-58)82(65-35-19-7-20-36-65)66-37-21-8-22-38-66)56-81-54-64-46-44-62(48-76(64)85)78-73(59-31-15-5-16-32-59)51-70(52-74(78)60-33-17-6-18-34-60)83(67-39-23-9-24-40-67)68-41-25-10-26-42-68/h3-54,84-85H,55-56H2,1-2H3. The van der Waals surface area contributed by atoms with E-state index in [4.69, 9.17) is 9.98 Å². The SMILES string of the molecule is CC(C)(CN=Cc1ccc(-c2c(-c3ccccc3)cc(N(c3ccccc3)c3ccccc3)cc2-c2ccccc2)cc1O)CN=Cc1ccc(-c2c(-c3ccccc3)cc(N(c3ccccc3)c3ccccc3)cc2-c2ccccc2)cc1O. The van der Waals surface area contributed by atoms with Crippen LogP contribution in [-0.4, -0.2) is 35.7 Å². The van der Waals surface area contributed by atoms with Gasteiger partial charge >= 0.3 is 0 Å². The molecular weight excluding hydrogens is 1040 g/mol. The minimum Gasteiger partial charge on any atom is -0.507 e. The number of phenolic OH excluding ortho intramolecular Hbond substituents is 2. The first kappa shape index (κ1) is 54.8. The summed E-state index contributed by atoms with van der Waals surface area (Å²) in [5.41, 5.74) is 19.3. The van der Waals surface area contributed by atoms with Gasteiger partial charge in [0.2, 0.25) is 0 Å². The van der Waals surface area contributed by atoms with Gasteiger partial charge in [0, 0.05) is 76.2 Å². The first-order valence-corrected chi connectivity index (χ1v) is 28.8. The molecule has 0 atom stereocenters. The molecule has 6 heteroatoms. The van der Waals surface area contributed by atoms with E-state index in [1.807, 2.05) is 72.8 Å². The van der Waals surface area contributed by atoms with Crippen LogP contribution in [0.4, 0.5) is 34.1 Å². The van der Waals surface area contributed by atoms with Crippen molar-refractivity contribution in [1.82, 2.24) is 0 Å². The summed E-state index contributed by atoms with van der Waals surface area (Å²) >= 11 is 0. The zero-order chi connectivity index (χ0) is 58.0. The molecule has 0 heterocycles. The molecular formula is C79H64N4O2.